The van der Waals surface area contributed by atoms with Crippen molar-refractivity contribution >= 4 is 17.5 Å². The molecule has 1 atom stereocenters. The van der Waals surface area contributed by atoms with Crippen LogP contribution in [0.2, 0.25) is 0 Å². The molecule has 2 aliphatic rings. The number of hydrogen-bond acceptors (Lipinski definition) is 3. The molecule has 130 valence electrons. The van der Waals surface area contributed by atoms with Gasteiger partial charge in [-0.1, -0.05) is 12.1 Å². The molecule has 2 heterocycles. The van der Waals surface area contributed by atoms with Gasteiger partial charge in [0.2, 0.25) is 11.8 Å². The summed E-state index contributed by atoms with van der Waals surface area (Å²) in [6.45, 7) is 1.74. The lowest BCUT2D eigenvalue weighted by atomic mass is 10.1. The van der Waals surface area contributed by atoms with Gasteiger partial charge >= 0.3 is 6.18 Å². The summed E-state index contributed by atoms with van der Waals surface area (Å²) in [5, 5.41) is 0. The highest BCUT2D eigenvalue weighted by atomic mass is 19.4. The van der Waals surface area contributed by atoms with Gasteiger partial charge in [0.1, 0.15) is 0 Å². The Labute approximate surface area is 137 Å². The predicted octanol–water partition coefficient (Wildman–Crippen LogP) is 1.92. The summed E-state index contributed by atoms with van der Waals surface area (Å²) < 4.78 is 44.6. The van der Waals surface area contributed by atoms with Crippen molar-refractivity contribution < 1.29 is 27.5 Å². The summed E-state index contributed by atoms with van der Waals surface area (Å²) in [6, 6.07) is 4.94. The number of benzene rings is 1. The molecule has 0 bridgehead atoms. The fraction of sp³-hybridized carbons (Fsp3) is 0.500. The molecule has 5 nitrogen and oxygen atoms in total. The van der Waals surface area contributed by atoms with Crippen LogP contribution in [0.5, 0.6) is 0 Å². The number of amides is 2. The van der Waals surface area contributed by atoms with E-state index in [1.54, 1.807) is 4.90 Å². The van der Waals surface area contributed by atoms with Gasteiger partial charge in [-0.3, -0.25) is 9.59 Å². The van der Waals surface area contributed by atoms with Crippen molar-refractivity contribution in [3.63, 3.8) is 0 Å². The second-order valence-electron chi connectivity index (χ2n) is 5.86. The van der Waals surface area contributed by atoms with Gasteiger partial charge < -0.3 is 14.5 Å². The molecule has 1 aromatic rings. The molecule has 24 heavy (non-hydrogen) atoms. The first-order chi connectivity index (χ1) is 11.4. The topological polar surface area (TPSA) is 49.9 Å². The highest BCUT2D eigenvalue weighted by Gasteiger charge is 2.41. The van der Waals surface area contributed by atoms with Gasteiger partial charge in [0.15, 0.2) is 0 Å². The SMILES string of the molecule is O=C(C1CC(=O)N(c2ccccc2C(F)(F)F)C1)N1CCOCC1. The number of nitrogens with zero attached hydrogens (tertiary/aromatic N) is 2. The molecular weight excluding hydrogens is 325 g/mol. The number of halogens is 3. The van der Waals surface area contributed by atoms with Crippen LogP contribution >= 0.6 is 0 Å². The van der Waals surface area contributed by atoms with Gasteiger partial charge in [0, 0.05) is 26.1 Å². The van der Waals surface area contributed by atoms with Crippen molar-refractivity contribution in [2.75, 3.05) is 37.7 Å². The lowest BCUT2D eigenvalue weighted by molar-refractivity contribution is -0.139. The van der Waals surface area contributed by atoms with Crippen molar-refractivity contribution in [2.45, 2.75) is 12.6 Å². The van der Waals surface area contributed by atoms with Crippen LogP contribution in [-0.2, 0) is 20.5 Å². The van der Waals surface area contributed by atoms with E-state index in [0.29, 0.717) is 26.3 Å². The highest BCUT2D eigenvalue weighted by Crippen LogP contribution is 2.38. The Morgan fingerprint density at radius 3 is 2.50 bits per heavy atom. The number of morpholine rings is 1. The summed E-state index contributed by atoms with van der Waals surface area (Å²) in [4.78, 5) is 27.4. The van der Waals surface area contributed by atoms with Crippen LogP contribution in [0.4, 0.5) is 18.9 Å². The molecule has 0 N–H and O–H groups in total. The molecule has 2 saturated heterocycles. The molecule has 2 aliphatic heterocycles. The molecule has 3 rings (SSSR count). The van der Waals surface area contributed by atoms with E-state index in [1.807, 2.05) is 0 Å². The molecule has 1 aromatic carbocycles. The van der Waals surface area contributed by atoms with Crippen molar-refractivity contribution in [1.29, 1.82) is 0 Å². The Hall–Kier alpha value is -2.09. The maximum Gasteiger partial charge on any atom is 0.418 e. The van der Waals surface area contributed by atoms with Crippen molar-refractivity contribution in [2.24, 2.45) is 5.92 Å². The first-order valence-corrected chi connectivity index (χ1v) is 7.71. The van der Waals surface area contributed by atoms with E-state index < -0.39 is 23.6 Å². The third kappa shape index (κ3) is 3.24. The number of rotatable bonds is 2. The Morgan fingerprint density at radius 2 is 1.83 bits per heavy atom. The zero-order chi connectivity index (χ0) is 17.3. The van der Waals surface area contributed by atoms with Gasteiger partial charge in [-0.2, -0.15) is 13.2 Å². The molecule has 0 aromatic heterocycles. The quantitative estimate of drug-likeness (QED) is 0.825. The molecular formula is C16H17F3N2O3. The Kier molecular flexibility index (Phi) is 4.49. The van der Waals surface area contributed by atoms with Crippen LogP contribution in [0, 0.1) is 5.92 Å². The molecule has 2 amide bonds. The summed E-state index contributed by atoms with van der Waals surface area (Å²) in [6.07, 6.45) is -4.62. The number of ether oxygens (including phenoxy) is 1. The third-order valence-electron chi connectivity index (χ3n) is 4.30. The van der Waals surface area contributed by atoms with Crippen molar-refractivity contribution in [3.05, 3.63) is 29.8 Å². The van der Waals surface area contributed by atoms with E-state index in [2.05, 4.69) is 0 Å². The lowest BCUT2D eigenvalue weighted by Crippen LogP contribution is -2.44. The van der Waals surface area contributed by atoms with Crippen LogP contribution in [0.25, 0.3) is 0 Å². The highest BCUT2D eigenvalue weighted by molar-refractivity contribution is 6.00. The van der Waals surface area contributed by atoms with E-state index in [1.165, 1.54) is 18.2 Å². The molecule has 2 fully saturated rings. The summed E-state index contributed by atoms with van der Waals surface area (Å²) in [5.74, 6) is -1.27. The fourth-order valence-electron chi connectivity index (χ4n) is 3.10. The first-order valence-electron chi connectivity index (χ1n) is 7.71. The summed E-state index contributed by atoms with van der Waals surface area (Å²) >= 11 is 0. The predicted molar refractivity (Wildman–Crippen MR) is 79.3 cm³/mol. The number of alkyl halides is 3. The van der Waals surface area contributed by atoms with E-state index >= 15 is 0 Å². The molecule has 0 radical (unpaired) electrons. The maximum atomic E-state index is 13.1. The largest absolute Gasteiger partial charge is 0.418 e. The Bertz CT molecular complexity index is 642. The van der Waals surface area contributed by atoms with Crippen molar-refractivity contribution in [3.8, 4) is 0 Å². The number of hydrogen-bond donors (Lipinski definition) is 0. The second-order valence-corrected chi connectivity index (χ2v) is 5.86. The third-order valence-corrected chi connectivity index (χ3v) is 4.30. The molecule has 1 unspecified atom stereocenters. The first kappa shape index (κ1) is 16.8. The van der Waals surface area contributed by atoms with Crippen LogP contribution in [0.15, 0.2) is 24.3 Å². The van der Waals surface area contributed by atoms with Gasteiger partial charge in [-0.25, -0.2) is 0 Å². The van der Waals surface area contributed by atoms with E-state index in [-0.39, 0.29) is 24.6 Å². The van der Waals surface area contributed by atoms with Crippen LogP contribution in [0.1, 0.15) is 12.0 Å². The number of para-hydroxylation sites is 1. The molecule has 0 spiro atoms. The lowest BCUT2D eigenvalue weighted by Gasteiger charge is -2.29. The molecule has 8 heteroatoms. The van der Waals surface area contributed by atoms with Crippen LogP contribution in [0.3, 0.4) is 0 Å². The summed E-state index contributed by atoms with van der Waals surface area (Å²) in [7, 11) is 0. The van der Waals surface area contributed by atoms with Gasteiger partial charge in [0.25, 0.3) is 0 Å². The number of carbonyl (C=O) groups excluding carboxylic acids is 2. The monoisotopic (exact) mass is 342 g/mol. The molecule has 0 aliphatic carbocycles. The van der Waals surface area contributed by atoms with Crippen LogP contribution in [-0.4, -0.2) is 49.6 Å². The minimum atomic E-state index is -4.55. The summed E-state index contributed by atoms with van der Waals surface area (Å²) in [5.41, 5.74) is -1.05. The Morgan fingerprint density at radius 1 is 1.17 bits per heavy atom. The maximum absolute atomic E-state index is 13.1. The van der Waals surface area contributed by atoms with Gasteiger partial charge in [-0.15, -0.1) is 0 Å². The smallest absolute Gasteiger partial charge is 0.378 e. The average molecular weight is 342 g/mol. The van der Waals surface area contributed by atoms with Gasteiger partial charge in [-0.05, 0) is 12.1 Å². The zero-order valence-electron chi connectivity index (χ0n) is 12.9. The van der Waals surface area contributed by atoms with Crippen molar-refractivity contribution in [1.82, 2.24) is 4.90 Å². The normalized spacial score (nSPS) is 22.1. The number of anilines is 1. The standard InChI is InChI=1S/C16H17F3N2O3/c17-16(18,19)12-3-1-2-4-13(12)21-10-11(9-14(21)22)15(23)20-5-7-24-8-6-20/h1-4,11H,5-10H2. The fourth-order valence-corrected chi connectivity index (χ4v) is 3.10. The van der Waals surface area contributed by atoms with E-state index in [0.717, 1.165) is 11.0 Å². The molecule has 0 saturated carbocycles. The minimum Gasteiger partial charge on any atom is -0.378 e. The number of carbonyl (C=O) groups is 2. The second kappa shape index (κ2) is 6.43. The average Bonchev–Trinajstić information content (AvgIpc) is 2.96. The zero-order valence-corrected chi connectivity index (χ0v) is 12.9. The minimum absolute atomic E-state index is 0.0257. The van der Waals surface area contributed by atoms with Gasteiger partial charge in [0.05, 0.1) is 30.4 Å². The van der Waals surface area contributed by atoms with Crippen LogP contribution < -0.4 is 4.90 Å². The van der Waals surface area contributed by atoms with E-state index in [4.69, 9.17) is 4.74 Å². The Balaban J connectivity index is 1.80. The van der Waals surface area contributed by atoms with E-state index in [9.17, 15) is 22.8 Å².